The summed E-state index contributed by atoms with van der Waals surface area (Å²) in [7, 11) is 0. The molecule has 92 valence electrons. The van der Waals surface area contributed by atoms with Gasteiger partial charge in [-0.3, -0.25) is 4.79 Å². The van der Waals surface area contributed by atoms with Crippen molar-refractivity contribution < 1.29 is 9.90 Å². The first-order valence-electron chi connectivity index (χ1n) is 5.91. The van der Waals surface area contributed by atoms with Gasteiger partial charge in [0.2, 0.25) is 0 Å². The van der Waals surface area contributed by atoms with E-state index < -0.39 is 0 Å². The van der Waals surface area contributed by atoms with Gasteiger partial charge in [0.05, 0.1) is 6.10 Å². The monoisotopic (exact) mass is 234 g/mol. The Labute approximate surface area is 101 Å². The highest BCUT2D eigenvalue weighted by Crippen LogP contribution is 2.21. The quantitative estimate of drug-likeness (QED) is 0.753. The minimum absolute atomic E-state index is 0.0214. The molecule has 1 aliphatic rings. The van der Waals surface area contributed by atoms with Crippen molar-refractivity contribution in [1.29, 1.82) is 0 Å². The predicted molar refractivity (Wildman–Crippen MR) is 66.5 cm³/mol. The Morgan fingerprint density at radius 1 is 1.47 bits per heavy atom. The van der Waals surface area contributed by atoms with Crippen LogP contribution in [0.5, 0.6) is 0 Å². The van der Waals surface area contributed by atoms with Gasteiger partial charge in [0.1, 0.15) is 0 Å². The van der Waals surface area contributed by atoms with Crippen LogP contribution in [0.1, 0.15) is 23.7 Å². The molecular weight excluding hydrogens is 216 g/mol. The van der Waals surface area contributed by atoms with Crippen molar-refractivity contribution in [2.75, 3.05) is 18.8 Å². The van der Waals surface area contributed by atoms with E-state index in [2.05, 4.69) is 0 Å². The summed E-state index contributed by atoms with van der Waals surface area (Å²) in [6.07, 6.45) is 0.525. The van der Waals surface area contributed by atoms with Crippen LogP contribution in [0.25, 0.3) is 0 Å². The van der Waals surface area contributed by atoms with E-state index in [1.807, 2.05) is 0 Å². The second kappa shape index (κ2) is 4.75. The van der Waals surface area contributed by atoms with Crippen LogP contribution in [-0.2, 0) is 0 Å². The molecule has 1 aliphatic heterocycles. The molecule has 1 aromatic carbocycles. The number of carbonyl (C=O) groups is 1. The summed E-state index contributed by atoms with van der Waals surface area (Å²) in [5.41, 5.74) is 6.90. The zero-order valence-electron chi connectivity index (χ0n) is 9.97. The van der Waals surface area contributed by atoms with Crippen molar-refractivity contribution in [2.24, 2.45) is 5.92 Å². The van der Waals surface area contributed by atoms with E-state index in [1.165, 1.54) is 0 Å². The number of carbonyl (C=O) groups excluding carboxylic acids is 1. The maximum Gasteiger partial charge on any atom is 0.253 e. The fourth-order valence-electron chi connectivity index (χ4n) is 2.17. The van der Waals surface area contributed by atoms with Crippen molar-refractivity contribution in [3.63, 3.8) is 0 Å². The van der Waals surface area contributed by atoms with Crippen LogP contribution in [0.4, 0.5) is 5.69 Å². The van der Waals surface area contributed by atoms with Gasteiger partial charge in [-0.05, 0) is 37.6 Å². The molecule has 4 nitrogen and oxygen atoms in total. The number of hydrogen-bond acceptors (Lipinski definition) is 3. The first-order valence-corrected chi connectivity index (χ1v) is 5.91. The Hall–Kier alpha value is -1.55. The summed E-state index contributed by atoms with van der Waals surface area (Å²) in [6, 6.07) is 6.95. The number of nitrogen functional groups attached to an aromatic ring is 1. The number of nitrogens with two attached hydrogens (primary N) is 1. The third kappa shape index (κ3) is 2.58. The standard InChI is InChI=1S/C13H18N2O2/c1-9(16)11-6-7-15(8-11)13(17)10-2-4-12(14)5-3-10/h2-5,9,11,16H,6-8,14H2,1H3. The maximum absolute atomic E-state index is 12.1. The molecular formula is C13H18N2O2. The zero-order chi connectivity index (χ0) is 12.4. The van der Waals surface area contributed by atoms with Crippen LogP contribution < -0.4 is 5.73 Å². The largest absolute Gasteiger partial charge is 0.399 e. The Balaban J connectivity index is 2.04. The van der Waals surface area contributed by atoms with Crippen LogP contribution in [0.3, 0.4) is 0 Å². The SMILES string of the molecule is CC(O)C1CCN(C(=O)c2ccc(N)cc2)C1. The fourth-order valence-corrected chi connectivity index (χ4v) is 2.17. The average molecular weight is 234 g/mol. The van der Waals surface area contributed by atoms with E-state index in [9.17, 15) is 9.90 Å². The molecule has 4 heteroatoms. The Morgan fingerprint density at radius 3 is 2.65 bits per heavy atom. The highest BCUT2D eigenvalue weighted by atomic mass is 16.3. The number of hydrogen-bond donors (Lipinski definition) is 2. The summed E-state index contributed by atoms with van der Waals surface area (Å²) < 4.78 is 0. The van der Waals surface area contributed by atoms with Gasteiger partial charge in [-0.25, -0.2) is 0 Å². The van der Waals surface area contributed by atoms with E-state index in [-0.39, 0.29) is 17.9 Å². The number of benzene rings is 1. The number of rotatable bonds is 2. The predicted octanol–water partition coefficient (Wildman–Crippen LogP) is 1.11. The van der Waals surface area contributed by atoms with Crippen molar-refractivity contribution >= 4 is 11.6 Å². The Bertz CT molecular complexity index is 400. The molecule has 0 aliphatic carbocycles. The highest BCUT2D eigenvalue weighted by Gasteiger charge is 2.29. The van der Waals surface area contributed by atoms with Gasteiger partial charge in [-0.1, -0.05) is 0 Å². The number of aliphatic hydroxyl groups is 1. The third-order valence-corrected chi connectivity index (χ3v) is 3.35. The van der Waals surface area contributed by atoms with E-state index in [4.69, 9.17) is 5.73 Å². The number of aliphatic hydroxyl groups excluding tert-OH is 1. The molecule has 2 atom stereocenters. The molecule has 0 bridgehead atoms. The molecule has 1 amide bonds. The molecule has 17 heavy (non-hydrogen) atoms. The minimum atomic E-state index is -0.348. The normalized spacial score (nSPS) is 21.5. The topological polar surface area (TPSA) is 66.6 Å². The zero-order valence-corrected chi connectivity index (χ0v) is 9.97. The van der Waals surface area contributed by atoms with Crippen LogP contribution in [0.15, 0.2) is 24.3 Å². The van der Waals surface area contributed by atoms with E-state index in [0.29, 0.717) is 17.8 Å². The second-order valence-electron chi connectivity index (χ2n) is 4.66. The summed E-state index contributed by atoms with van der Waals surface area (Å²) in [5.74, 6) is 0.223. The van der Waals surface area contributed by atoms with Gasteiger partial charge < -0.3 is 15.7 Å². The minimum Gasteiger partial charge on any atom is -0.399 e. The summed E-state index contributed by atoms with van der Waals surface area (Å²) in [4.78, 5) is 13.9. The van der Waals surface area contributed by atoms with Crippen LogP contribution in [0, 0.1) is 5.92 Å². The number of nitrogens with zero attached hydrogens (tertiary/aromatic N) is 1. The van der Waals surface area contributed by atoms with Crippen molar-refractivity contribution in [3.8, 4) is 0 Å². The molecule has 1 aromatic rings. The molecule has 0 aromatic heterocycles. The molecule has 2 unspecified atom stereocenters. The summed E-state index contributed by atoms with van der Waals surface area (Å²) in [6.45, 7) is 3.14. The van der Waals surface area contributed by atoms with Crippen LogP contribution >= 0.6 is 0 Å². The highest BCUT2D eigenvalue weighted by molar-refractivity contribution is 5.94. The van der Waals surface area contributed by atoms with Gasteiger partial charge >= 0.3 is 0 Å². The van der Waals surface area contributed by atoms with Gasteiger partial charge in [-0.2, -0.15) is 0 Å². The number of anilines is 1. The average Bonchev–Trinajstić information content (AvgIpc) is 2.78. The first kappa shape index (κ1) is 11.9. The Morgan fingerprint density at radius 2 is 2.12 bits per heavy atom. The van der Waals surface area contributed by atoms with E-state index in [0.717, 1.165) is 13.0 Å². The van der Waals surface area contributed by atoms with Gasteiger partial charge in [0.25, 0.3) is 5.91 Å². The second-order valence-corrected chi connectivity index (χ2v) is 4.66. The first-order chi connectivity index (χ1) is 8.08. The lowest BCUT2D eigenvalue weighted by Crippen LogP contribution is -2.30. The van der Waals surface area contributed by atoms with E-state index in [1.54, 1.807) is 36.1 Å². The van der Waals surface area contributed by atoms with Crippen LogP contribution in [0.2, 0.25) is 0 Å². The lowest BCUT2D eigenvalue weighted by Gasteiger charge is -2.17. The molecule has 2 rings (SSSR count). The number of likely N-dealkylation sites (tertiary alicyclic amines) is 1. The lowest BCUT2D eigenvalue weighted by molar-refractivity contribution is 0.0762. The molecule has 3 N–H and O–H groups in total. The van der Waals surface area contributed by atoms with E-state index >= 15 is 0 Å². The smallest absolute Gasteiger partial charge is 0.253 e. The lowest BCUT2D eigenvalue weighted by atomic mass is 10.0. The van der Waals surface area contributed by atoms with Crippen molar-refractivity contribution in [3.05, 3.63) is 29.8 Å². The van der Waals surface area contributed by atoms with Gasteiger partial charge in [0.15, 0.2) is 0 Å². The van der Waals surface area contributed by atoms with Crippen molar-refractivity contribution in [2.45, 2.75) is 19.4 Å². The Kier molecular flexibility index (Phi) is 3.33. The third-order valence-electron chi connectivity index (χ3n) is 3.35. The maximum atomic E-state index is 12.1. The molecule has 0 spiro atoms. The summed E-state index contributed by atoms with van der Waals surface area (Å²) in [5, 5.41) is 9.50. The molecule has 1 saturated heterocycles. The van der Waals surface area contributed by atoms with Crippen molar-refractivity contribution in [1.82, 2.24) is 4.90 Å². The fraction of sp³-hybridized carbons (Fsp3) is 0.462. The molecule has 1 fully saturated rings. The van der Waals surface area contributed by atoms with Gasteiger partial charge in [-0.15, -0.1) is 0 Å². The molecule has 1 heterocycles. The number of amides is 1. The molecule has 0 radical (unpaired) electrons. The molecule has 0 saturated carbocycles. The van der Waals surface area contributed by atoms with Crippen LogP contribution in [-0.4, -0.2) is 35.1 Å². The summed E-state index contributed by atoms with van der Waals surface area (Å²) >= 11 is 0. The van der Waals surface area contributed by atoms with Gasteiger partial charge in [0, 0.05) is 30.3 Å².